The minimum atomic E-state index is -1.25. The van der Waals surface area contributed by atoms with Crippen molar-refractivity contribution >= 4 is 35.2 Å². The molecule has 1 aliphatic heterocycles. The number of rotatable bonds is 7. The maximum absolute atomic E-state index is 13.2. The van der Waals surface area contributed by atoms with Gasteiger partial charge in [-0.3, -0.25) is 4.79 Å². The zero-order chi connectivity index (χ0) is 24.1. The van der Waals surface area contributed by atoms with Crippen LogP contribution in [-0.2, 0) is 31.2 Å². The summed E-state index contributed by atoms with van der Waals surface area (Å²) in [6.45, 7) is 5.96. The number of hydrogen-bond acceptors (Lipinski definition) is 5. The minimum Gasteiger partial charge on any atom is -0.444 e. The monoisotopic (exact) mass is 494 g/mol. The highest BCUT2D eigenvalue weighted by atomic mass is 35.5. The maximum Gasteiger partial charge on any atom is 0.408 e. The maximum atomic E-state index is 13.2. The first-order chi connectivity index (χ1) is 15.6. The van der Waals surface area contributed by atoms with Gasteiger partial charge in [-0.2, -0.15) is 0 Å². The fourth-order valence-electron chi connectivity index (χ4n) is 3.44. The van der Waals surface area contributed by atoms with Crippen LogP contribution in [0.25, 0.3) is 0 Å². The summed E-state index contributed by atoms with van der Waals surface area (Å²) in [7, 11) is 0. The number of amides is 2. The average molecular weight is 495 g/mol. The van der Waals surface area contributed by atoms with Gasteiger partial charge >= 0.3 is 6.09 Å². The second kappa shape index (κ2) is 10.7. The molecule has 0 radical (unpaired) electrons. The van der Waals surface area contributed by atoms with Crippen LogP contribution in [0.15, 0.2) is 48.5 Å². The lowest BCUT2D eigenvalue weighted by atomic mass is 10.0. The third kappa shape index (κ3) is 7.08. The highest BCUT2D eigenvalue weighted by molar-refractivity contribution is 6.35. The van der Waals surface area contributed by atoms with Gasteiger partial charge in [0.25, 0.3) is 0 Å². The molecule has 1 aliphatic rings. The number of nitrogens with one attached hydrogen (secondary N) is 2. The molecule has 1 saturated heterocycles. The molecule has 33 heavy (non-hydrogen) atoms. The predicted octanol–water partition coefficient (Wildman–Crippen LogP) is 4.45. The van der Waals surface area contributed by atoms with Crippen LogP contribution < -0.4 is 10.6 Å². The van der Waals surface area contributed by atoms with E-state index < -0.39 is 29.4 Å². The van der Waals surface area contributed by atoms with E-state index in [9.17, 15) is 9.59 Å². The van der Waals surface area contributed by atoms with Crippen molar-refractivity contribution in [3.05, 3.63) is 69.7 Å². The lowest BCUT2D eigenvalue weighted by Crippen LogP contribution is -2.52. The van der Waals surface area contributed by atoms with Crippen molar-refractivity contribution in [3.63, 3.8) is 0 Å². The van der Waals surface area contributed by atoms with Crippen LogP contribution in [0.1, 0.15) is 31.9 Å². The molecule has 1 unspecified atom stereocenters. The molecule has 2 aromatic carbocycles. The van der Waals surface area contributed by atoms with E-state index in [-0.39, 0.29) is 13.0 Å². The van der Waals surface area contributed by atoms with E-state index in [1.807, 2.05) is 30.3 Å². The summed E-state index contributed by atoms with van der Waals surface area (Å²) in [4.78, 5) is 25.6. The third-order valence-electron chi connectivity index (χ3n) is 4.88. The minimum absolute atomic E-state index is 0.00548. The molecule has 2 N–H and O–H groups in total. The molecule has 178 valence electrons. The Balaban J connectivity index is 1.76. The number of carbonyl (C=O) groups excluding carboxylic acids is 2. The molecular weight excluding hydrogens is 467 g/mol. The first-order valence-corrected chi connectivity index (χ1v) is 11.4. The van der Waals surface area contributed by atoms with E-state index >= 15 is 0 Å². The molecule has 1 heterocycles. The van der Waals surface area contributed by atoms with E-state index in [1.165, 1.54) is 0 Å². The summed E-state index contributed by atoms with van der Waals surface area (Å²) in [6.07, 6.45) is -0.398. The summed E-state index contributed by atoms with van der Waals surface area (Å²) in [6, 6.07) is 13.5. The van der Waals surface area contributed by atoms with Gasteiger partial charge < -0.3 is 24.8 Å². The first kappa shape index (κ1) is 25.3. The smallest absolute Gasteiger partial charge is 0.408 e. The van der Waals surface area contributed by atoms with E-state index in [2.05, 4.69) is 10.6 Å². The Bertz CT molecular complexity index is 973. The van der Waals surface area contributed by atoms with Crippen molar-refractivity contribution in [3.8, 4) is 0 Å². The summed E-state index contributed by atoms with van der Waals surface area (Å²) in [5.41, 5.74) is 0.752. The summed E-state index contributed by atoms with van der Waals surface area (Å²) >= 11 is 12.4. The van der Waals surface area contributed by atoms with Crippen molar-refractivity contribution in [1.29, 1.82) is 0 Å². The molecule has 7 nitrogen and oxygen atoms in total. The largest absolute Gasteiger partial charge is 0.444 e. The molecule has 0 saturated carbocycles. The Hall–Kier alpha value is -2.32. The van der Waals surface area contributed by atoms with Crippen LogP contribution in [0.4, 0.5) is 4.79 Å². The SMILES string of the molecule is CC(C)(C)OC(=O)NC(Cc1ccccc1)C(=O)NCC1(c2ccc(Cl)cc2Cl)OCCO1. The summed E-state index contributed by atoms with van der Waals surface area (Å²) in [5.74, 6) is -1.66. The lowest BCUT2D eigenvalue weighted by Gasteiger charge is -2.30. The average Bonchev–Trinajstić information content (AvgIpc) is 3.20. The standard InChI is InChI=1S/C24H28Cl2N2O5/c1-23(2,3)33-22(30)28-20(13-16-7-5-4-6-8-16)21(29)27-15-24(31-11-12-32-24)18-10-9-17(25)14-19(18)26/h4-10,14,20H,11-13,15H2,1-3H3,(H,27,29)(H,28,30). The summed E-state index contributed by atoms with van der Waals surface area (Å²) in [5, 5.41) is 6.36. The molecule has 0 aliphatic carbocycles. The number of alkyl carbamates (subject to hydrolysis) is 1. The number of halogens is 2. The van der Waals surface area contributed by atoms with Gasteiger partial charge in [0.15, 0.2) is 0 Å². The molecule has 2 aromatic rings. The number of carbonyl (C=O) groups is 2. The second-order valence-electron chi connectivity index (χ2n) is 8.68. The third-order valence-corrected chi connectivity index (χ3v) is 5.43. The van der Waals surface area contributed by atoms with Crippen molar-refractivity contribution in [2.75, 3.05) is 19.8 Å². The Morgan fingerprint density at radius 1 is 1.09 bits per heavy atom. The zero-order valence-electron chi connectivity index (χ0n) is 18.8. The van der Waals surface area contributed by atoms with Crippen LogP contribution in [0.5, 0.6) is 0 Å². The van der Waals surface area contributed by atoms with E-state index in [4.69, 9.17) is 37.4 Å². The Labute approximate surface area is 203 Å². The fourth-order valence-corrected chi connectivity index (χ4v) is 3.99. The Morgan fingerprint density at radius 2 is 1.76 bits per heavy atom. The molecule has 0 bridgehead atoms. The quantitative estimate of drug-likeness (QED) is 0.593. The van der Waals surface area contributed by atoms with Gasteiger partial charge in [-0.05, 0) is 38.5 Å². The van der Waals surface area contributed by atoms with Crippen molar-refractivity contribution in [1.82, 2.24) is 10.6 Å². The first-order valence-electron chi connectivity index (χ1n) is 10.6. The van der Waals surface area contributed by atoms with Gasteiger partial charge in [0, 0.05) is 17.0 Å². The molecular formula is C24H28Cl2N2O5. The normalized spacial score (nSPS) is 16.2. The van der Waals surface area contributed by atoms with E-state index in [0.717, 1.165) is 5.56 Å². The Morgan fingerprint density at radius 3 is 2.36 bits per heavy atom. The van der Waals surface area contributed by atoms with Gasteiger partial charge in [0.1, 0.15) is 11.6 Å². The van der Waals surface area contributed by atoms with Crippen LogP contribution in [0.3, 0.4) is 0 Å². The number of ether oxygens (including phenoxy) is 3. The van der Waals surface area contributed by atoms with Crippen LogP contribution in [-0.4, -0.2) is 43.4 Å². The number of hydrogen-bond donors (Lipinski definition) is 2. The zero-order valence-corrected chi connectivity index (χ0v) is 20.3. The van der Waals surface area contributed by atoms with Gasteiger partial charge in [0.05, 0.1) is 24.8 Å². The highest BCUT2D eigenvalue weighted by Gasteiger charge is 2.41. The fraction of sp³-hybridized carbons (Fsp3) is 0.417. The van der Waals surface area contributed by atoms with Gasteiger partial charge in [0.2, 0.25) is 11.7 Å². The second-order valence-corrected chi connectivity index (χ2v) is 9.52. The molecule has 2 amide bonds. The van der Waals surface area contributed by atoms with Crippen LogP contribution in [0.2, 0.25) is 10.0 Å². The lowest BCUT2D eigenvalue weighted by molar-refractivity contribution is -0.165. The molecule has 3 rings (SSSR count). The van der Waals surface area contributed by atoms with E-state index in [0.29, 0.717) is 28.8 Å². The van der Waals surface area contributed by atoms with Gasteiger partial charge in [-0.15, -0.1) is 0 Å². The Kier molecular flexibility index (Phi) is 8.23. The summed E-state index contributed by atoms with van der Waals surface area (Å²) < 4.78 is 17.1. The van der Waals surface area contributed by atoms with Crippen LogP contribution >= 0.6 is 23.2 Å². The van der Waals surface area contributed by atoms with Crippen molar-refractivity contribution < 1.29 is 23.8 Å². The highest BCUT2D eigenvalue weighted by Crippen LogP contribution is 2.36. The van der Waals surface area contributed by atoms with Crippen molar-refractivity contribution in [2.24, 2.45) is 0 Å². The van der Waals surface area contributed by atoms with Gasteiger partial charge in [-0.1, -0.05) is 59.6 Å². The van der Waals surface area contributed by atoms with Crippen molar-refractivity contribution in [2.45, 2.75) is 44.6 Å². The predicted molar refractivity (Wildman–Crippen MR) is 126 cm³/mol. The van der Waals surface area contributed by atoms with Crippen LogP contribution in [0, 0.1) is 0 Å². The number of benzene rings is 2. The van der Waals surface area contributed by atoms with E-state index in [1.54, 1.807) is 39.0 Å². The topological polar surface area (TPSA) is 85.9 Å². The van der Waals surface area contributed by atoms with Gasteiger partial charge in [-0.25, -0.2) is 4.79 Å². The molecule has 0 spiro atoms. The molecule has 0 aromatic heterocycles. The molecule has 1 fully saturated rings. The molecule has 9 heteroatoms. The molecule has 1 atom stereocenters.